The normalized spacial score (nSPS) is 15.9. The highest BCUT2D eigenvalue weighted by Crippen LogP contribution is 2.39. The number of thiophene rings is 1. The monoisotopic (exact) mass is 281 g/mol. The zero-order chi connectivity index (χ0) is 12.9. The van der Waals surface area contributed by atoms with Crippen molar-refractivity contribution in [2.45, 2.75) is 13.0 Å². The summed E-state index contributed by atoms with van der Waals surface area (Å²) in [6.45, 7) is 1.58. The van der Waals surface area contributed by atoms with Crippen molar-refractivity contribution in [1.82, 2.24) is 4.90 Å². The molecule has 3 rings (SSSR count). The van der Waals surface area contributed by atoms with Crippen LogP contribution in [0.25, 0.3) is 10.1 Å². The van der Waals surface area contributed by atoms with Gasteiger partial charge in [-0.25, -0.2) is 4.79 Å². The zero-order valence-corrected chi connectivity index (χ0v) is 11.4. The number of halogens is 1. The minimum Gasteiger partial charge on any atom is -0.477 e. The van der Waals surface area contributed by atoms with Crippen molar-refractivity contribution >= 4 is 39.0 Å². The van der Waals surface area contributed by atoms with Gasteiger partial charge in [-0.1, -0.05) is 11.6 Å². The van der Waals surface area contributed by atoms with Gasteiger partial charge in [-0.3, -0.25) is 0 Å². The number of rotatable bonds is 1. The predicted octanol–water partition coefficient (Wildman–Crippen LogP) is 3.24. The van der Waals surface area contributed by atoms with Crippen molar-refractivity contribution in [1.29, 1.82) is 0 Å². The fourth-order valence-corrected chi connectivity index (χ4v) is 3.86. The highest BCUT2D eigenvalue weighted by Gasteiger charge is 2.24. The first-order chi connectivity index (χ1) is 8.58. The predicted molar refractivity (Wildman–Crippen MR) is 73.8 cm³/mol. The summed E-state index contributed by atoms with van der Waals surface area (Å²) in [5, 5.41) is 11.1. The molecule has 0 saturated carbocycles. The molecule has 0 unspecified atom stereocenters. The van der Waals surface area contributed by atoms with Crippen LogP contribution >= 0.6 is 22.9 Å². The van der Waals surface area contributed by atoms with E-state index in [0.29, 0.717) is 11.4 Å². The average molecular weight is 282 g/mol. The molecular weight excluding hydrogens is 270 g/mol. The lowest BCUT2D eigenvalue weighted by Crippen LogP contribution is -2.19. The van der Waals surface area contributed by atoms with Gasteiger partial charge in [0.2, 0.25) is 0 Å². The Bertz CT molecular complexity index is 650. The number of hydrogen-bond donors (Lipinski definition) is 1. The van der Waals surface area contributed by atoms with E-state index in [0.717, 1.165) is 39.2 Å². The number of nitrogens with zero attached hydrogens (tertiary/aromatic N) is 1. The Hall–Kier alpha value is -1.10. The lowest BCUT2D eigenvalue weighted by Gasteiger charge is -2.13. The third-order valence-electron chi connectivity index (χ3n) is 3.37. The number of benzene rings is 1. The molecule has 0 amide bonds. The summed E-state index contributed by atoms with van der Waals surface area (Å²) < 4.78 is 1.03. The van der Waals surface area contributed by atoms with Gasteiger partial charge in [-0.15, -0.1) is 11.3 Å². The van der Waals surface area contributed by atoms with E-state index in [1.54, 1.807) is 0 Å². The van der Waals surface area contributed by atoms with Crippen LogP contribution in [0.5, 0.6) is 0 Å². The van der Waals surface area contributed by atoms with Crippen molar-refractivity contribution in [3.8, 4) is 0 Å². The smallest absolute Gasteiger partial charge is 0.346 e. The maximum absolute atomic E-state index is 11.3. The lowest BCUT2D eigenvalue weighted by atomic mass is 10.0. The Morgan fingerprint density at radius 2 is 2.22 bits per heavy atom. The summed E-state index contributed by atoms with van der Waals surface area (Å²) in [7, 11) is 2.01. The zero-order valence-electron chi connectivity index (χ0n) is 9.86. The van der Waals surface area contributed by atoms with Crippen molar-refractivity contribution in [2.24, 2.45) is 0 Å². The van der Waals surface area contributed by atoms with E-state index < -0.39 is 5.97 Å². The van der Waals surface area contributed by atoms with E-state index in [-0.39, 0.29) is 0 Å². The van der Waals surface area contributed by atoms with Crippen LogP contribution in [-0.4, -0.2) is 29.6 Å². The topological polar surface area (TPSA) is 40.5 Å². The molecule has 0 saturated heterocycles. The van der Waals surface area contributed by atoms with E-state index in [1.165, 1.54) is 11.3 Å². The number of likely N-dealkylation sites (N-methyl/N-ethyl adjacent to an activating group) is 1. The summed E-state index contributed by atoms with van der Waals surface area (Å²) in [6, 6.07) is 3.80. The Kier molecular flexibility index (Phi) is 2.81. The molecule has 18 heavy (non-hydrogen) atoms. The average Bonchev–Trinajstić information content (AvgIpc) is 2.57. The highest BCUT2D eigenvalue weighted by molar-refractivity contribution is 7.21. The van der Waals surface area contributed by atoms with E-state index in [4.69, 9.17) is 11.6 Å². The first kappa shape index (κ1) is 12.0. The van der Waals surface area contributed by atoms with Gasteiger partial charge in [0.15, 0.2) is 0 Å². The van der Waals surface area contributed by atoms with E-state index in [9.17, 15) is 9.90 Å². The molecule has 1 aliphatic rings. The molecule has 1 N–H and O–H groups in total. The molecule has 0 radical (unpaired) electrons. The van der Waals surface area contributed by atoms with Gasteiger partial charge in [-0.05, 0) is 36.7 Å². The molecule has 2 aromatic rings. The lowest BCUT2D eigenvalue weighted by molar-refractivity contribution is 0.0700. The molecule has 1 aromatic carbocycles. The Balaban J connectivity index is 2.39. The molecule has 3 nitrogen and oxygen atoms in total. The minimum absolute atomic E-state index is 0.447. The van der Waals surface area contributed by atoms with Gasteiger partial charge in [0.05, 0.1) is 0 Å². The fraction of sp³-hybridized carbons (Fsp3) is 0.308. The number of aromatic carboxylic acids is 1. The van der Waals surface area contributed by atoms with Gasteiger partial charge < -0.3 is 10.0 Å². The maximum atomic E-state index is 11.3. The molecule has 0 fully saturated rings. The third-order valence-corrected chi connectivity index (χ3v) is 4.91. The van der Waals surface area contributed by atoms with Gasteiger partial charge in [0.1, 0.15) is 4.88 Å². The molecule has 0 spiro atoms. The first-order valence-corrected chi connectivity index (χ1v) is 6.92. The van der Waals surface area contributed by atoms with Crippen molar-refractivity contribution < 1.29 is 9.90 Å². The second kappa shape index (κ2) is 4.23. The van der Waals surface area contributed by atoms with Gasteiger partial charge in [0, 0.05) is 28.2 Å². The van der Waals surface area contributed by atoms with Gasteiger partial charge in [0.25, 0.3) is 0 Å². The Labute approximate surface area is 114 Å². The summed E-state index contributed by atoms with van der Waals surface area (Å²) in [4.78, 5) is 13.9. The molecule has 1 aliphatic heterocycles. The second-order valence-corrected chi connectivity index (χ2v) is 6.06. The highest BCUT2D eigenvalue weighted by atomic mass is 35.5. The summed E-state index contributed by atoms with van der Waals surface area (Å²) in [5.74, 6) is -0.844. The van der Waals surface area contributed by atoms with Crippen LogP contribution in [0.4, 0.5) is 0 Å². The van der Waals surface area contributed by atoms with Crippen LogP contribution in [0, 0.1) is 0 Å². The molecule has 2 heterocycles. The van der Waals surface area contributed by atoms with Gasteiger partial charge in [-0.2, -0.15) is 0 Å². The van der Waals surface area contributed by atoms with Crippen molar-refractivity contribution in [2.75, 3.05) is 13.6 Å². The number of carbonyl (C=O) groups is 1. The van der Waals surface area contributed by atoms with Crippen LogP contribution in [-0.2, 0) is 13.0 Å². The molecule has 5 heteroatoms. The van der Waals surface area contributed by atoms with Crippen LogP contribution < -0.4 is 0 Å². The van der Waals surface area contributed by atoms with Crippen LogP contribution in [0.15, 0.2) is 12.1 Å². The van der Waals surface area contributed by atoms with Crippen LogP contribution in [0.3, 0.4) is 0 Å². The number of carboxylic acids is 1. The quantitative estimate of drug-likeness (QED) is 0.872. The maximum Gasteiger partial charge on any atom is 0.346 e. The summed E-state index contributed by atoms with van der Waals surface area (Å²) in [5.41, 5.74) is 2.01. The standard InChI is InChI=1S/C13H12ClNO2S/c1-15-5-4-7-9(14)2-3-10-11(7)8(6-15)12(18-10)13(16)17/h2-3H,4-6H2,1H3,(H,16,17). The van der Waals surface area contributed by atoms with Crippen molar-refractivity contribution in [3.05, 3.63) is 33.2 Å². The van der Waals surface area contributed by atoms with Crippen LogP contribution in [0.2, 0.25) is 5.02 Å². The van der Waals surface area contributed by atoms with Crippen molar-refractivity contribution in [3.63, 3.8) is 0 Å². The SMILES string of the molecule is CN1CCc2c(Cl)ccc3sc(C(=O)O)c(c23)C1. The summed E-state index contributed by atoms with van der Waals surface area (Å²) in [6.07, 6.45) is 0.871. The molecule has 0 bridgehead atoms. The Morgan fingerprint density at radius 3 is 2.94 bits per heavy atom. The molecule has 0 atom stereocenters. The van der Waals surface area contributed by atoms with E-state index >= 15 is 0 Å². The Morgan fingerprint density at radius 1 is 1.44 bits per heavy atom. The molecular formula is C13H12ClNO2S. The molecule has 1 aromatic heterocycles. The summed E-state index contributed by atoms with van der Waals surface area (Å²) >= 11 is 7.60. The van der Waals surface area contributed by atoms with Crippen LogP contribution in [0.1, 0.15) is 20.8 Å². The van der Waals surface area contributed by atoms with E-state index in [1.807, 2.05) is 19.2 Å². The minimum atomic E-state index is -0.844. The molecule has 0 aliphatic carbocycles. The largest absolute Gasteiger partial charge is 0.477 e. The number of carboxylic acid groups (broad SMARTS) is 1. The third kappa shape index (κ3) is 1.72. The first-order valence-electron chi connectivity index (χ1n) is 5.72. The number of hydrogen-bond acceptors (Lipinski definition) is 3. The van der Waals surface area contributed by atoms with E-state index in [2.05, 4.69) is 4.90 Å². The second-order valence-electron chi connectivity index (χ2n) is 4.60. The molecule has 94 valence electrons. The fourth-order valence-electron chi connectivity index (χ4n) is 2.52. The van der Waals surface area contributed by atoms with Gasteiger partial charge >= 0.3 is 5.97 Å².